The molecule has 0 atom stereocenters. The van der Waals surface area contributed by atoms with Gasteiger partial charge in [0.2, 0.25) is 0 Å². The van der Waals surface area contributed by atoms with Gasteiger partial charge in [0.1, 0.15) is 5.82 Å². The van der Waals surface area contributed by atoms with Gasteiger partial charge in [0.15, 0.2) is 0 Å². The van der Waals surface area contributed by atoms with Gasteiger partial charge in [-0.1, -0.05) is 13.8 Å². The first-order chi connectivity index (χ1) is 9.99. The molecule has 1 amide bonds. The SMILES string of the molecule is CNc1cc(C(=O)NC2CCN(C)CC2)cc(C(C)C)n1. The summed E-state index contributed by atoms with van der Waals surface area (Å²) in [6.07, 6.45) is 2.03. The Balaban J connectivity index is 2.09. The molecule has 2 N–H and O–H groups in total. The predicted molar refractivity (Wildman–Crippen MR) is 85.9 cm³/mol. The normalized spacial score (nSPS) is 17.0. The van der Waals surface area contributed by atoms with Crippen molar-refractivity contribution in [2.75, 3.05) is 32.5 Å². The second-order valence-corrected chi connectivity index (χ2v) is 6.12. The minimum atomic E-state index is 0.00496. The lowest BCUT2D eigenvalue weighted by Crippen LogP contribution is -2.43. The molecule has 5 heteroatoms. The van der Waals surface area contributed by atoms with Gasteiger partial charge < -0.3 is 15.5 Å². The number of nitrogens with zero attached hydrogens (tertiary/aromatic N) is 2. The van der Waals surface area contributed by atoms with Crippen molar-refractivity contribution < 1.29 is 4.79 Å². The summed E-state index contributed by atoms with van der Waals surface area (Å²) in [4.78, 5) is 19.2. The van der Waals surface area contributed by atoms with Crippen LogP contribution in [0.2, 0.25) is 0 Å². The standard InChI is InChI=1S/C16H26N4O/c1-11(2)14-9-12(10-15(17-3)19-14)16(21)18-13-5-7-20(4)8-6-13/h9-11,13H,5-8H2,1-4H3,(H,17,19)(H,18,21). The fourth-order valence-corrected chi connectivity index (χ4v) is 2.53. The zero-order chi connectivity index (χ0) is 15.4. The number of nitrogens with one attached hydrogen (secondary N) is 2. The molecule has 0 saturated carbocycles. The van der Waals surface area contributed by atoms with Crippen molar-refractivity contribution in [3.8, 4) is 0 Å². The molecule has 116 valence electrons. The van der Waals surface area contributed by atoms with Gasteiger partial charge in [-0.15, -0.1) is 0 Å². The Morgan fingerprint density at radius 2 is 2.00 bits per heavy atom. The summed E-state index contributed by atoms with van der Waals surface area (Å²) in [6, 6.07) is 3.99. The van der Waals surface area contributed by atoms with E-state index in [1.54, 1.807) is 0 Å². The van der Waals surface area contributed by atoms with E-state index in [-0.39, 0.29) is 11.9 Å². The topological polar surface area (TPSA) is 57.3 Å². The molecule has 0 spiro atoms. The Morgan fingerprint density at radius 1 is 1.33 bits per heavy atom. The number of amides is 1. The average Bonchev–Trinajstić information content (AvgIpc) is 2.49. The van der Waals surface area contributed by atoms with Crippen molar-refractivity contribution in [2.24, 2.45) is 0 Å². The molecule has 0 aliphatic carbocycles. The van der Waals surface area contributed by atoms with Crippen LogP contribution in [0.25, 0.3) is 0 Å². The highest BCUT2D eigenvalue weighted by Gasteiger charge is 2.20. The van der Waals surface area contributed by atoms with E-state index in [4.69, 9.17) is 0 Å². The Hall–Kier alpha value is -1.62. The molecule has 0 unspecified atom stereocenters. The van der Waals surface area contributed by atoms with Crippen LogP contribution in [0, 0.1) is 0 Å². The highest BCUT2D eigenvalue weighted by Crippen LogP contribution is 2.18. The van der Waals surface area contributed by atoms with Gasteiger partial charge in [0.25, 0.3) is 5.91 Å². The number of piperidine rings is 1. The summed E-state index contributed by atoms with van der Waals surface area (Å²) in [5, 5.41) is 6.18. The first kappa shape index (κ1) is 15.8. The Morgan fingerprint density at radius 3 is 2.57 bits per heavy atom. The van der Waals surface area contributed by atoms with Gasteiger partial charge in [0.05, 0.1) is 0 Å². The first-order valence-electron chi connectivity index (χ1n) is 7.68. The largest absolute Gasteiger partial charge is 0.373 e. The minimum absolute atomic E-state index is 0.00496. The smallest absolute Gasteiger partial charge is 0.251 e. The third-order valence-corrected chi connectivity index (χ3v) is 4.01. The van der Waals surface area contributed by atoms with Crippen LogP contribution < -0.4 is 10.6 Å². The number of carbonyl (C=O) groups excluding carboxylic acids is 1. The number of hydrogen-bond donors (Lipinski definition) is 2. The summed E-state index contributed by atoms with van der Waals surface area (Å²) in [6.45, 7) is 6.25. The number of pyridine rings is 1. The molecule has 1 fully saturated rings. The van der Waals surface area contributed by atoms with E-state index in [1.165, 1.54) is 0 Å². The summed E-state index contributed by atoms with van der Waals surface area (Å²) >= 11 is 0. The van der Waals surface area contributed by atoms with E-state index in [2.05, 4.69) is 41.4 Å². The van der Waals surface area contributed by atoms with E-state index in [0.717, 1.165) is 37.4 Å². The van der Waals surface area contributed by atoms with E-state index in [0.29, 0.717) is 11.5 Å². The Kier molecular flexibility index (Phi) is 5.17. The molecule has 2 rings (SSSR count). The molecule has 2 heterocycles. The number of anilines is 1. The van der Waals surface area contributed by atoms with Gasteiger partial charge in [0, 0.05) is 24.3 Å². The number of aromatic nitrogens is 1. The molecule has 1 aliphatic heterocycles. The summed E-state index contributed by atoms with van der Waals surface area (Å²) in [5.41, 5.74) is 1.63. The van der Waals surface area contributed by atoms with Crippen LogP contribution in [0.3, 0.4) is 0 Å². The molecule has 1 aromatic heterocycles. The van der Waals surface area contributed by atoms with Crippen molar-refractivity contribution in [2.45, 2.75) is 38.6 Å². The van der Waals surface area contributed by atoms with Crippen LogP contribution in [0.5, 0.6) is 0 Å². The van der Waals surface area contributed by atoms with Crippen LogP contribution in [0.4, 0.5) is 5.82 Å². The van der Waals surface area contributed by atoms with Crippen molar-refractivity contribution in [1.29, 1.82) is 0 Å². The van der Waals surface area contributed by atoms with Crippen LogP contribution >= 0.6 is 0 Å². The van der Waals surface area contributed by atoms with Crippen molar-refractivity contribution in [3.63, 3.8) is 0 Å². The van der Waals surface area contributed by atoms with Crippen LogP contribution in [0.15, 0.2) is 12.1 Å². The van der Waals surface area contributed by atoms with Crippen molar-refractivity contribution in [3.05, 3.63) is 23.4 Å². The number of likely N-dealkylation sites (tertiary alicyclic amines) is 1. The van der Waals surface area contributed by atoms with Gasteiger partial charge >= 0.3 is 0 Å². The molecule has 5 nitrogen and oxygen atoms in total. The third-order valence-electron chi connectivity index (χ3n) is 4.01. The van der Waals surface area contributed by atoms with Crippen LogP contribution in [-0.4, -0.2) is 49.0 Å². The van der Waals surface area contributed by atoms with Crippen molar-refractivity contribution >= 4 is 11.7 Å². The van der Waals surface area contributed by atoms with Gasteiger partial charge in [-0.25, -0.2) is 4.98 Å². The molecular weight excluding hydrogens is 264 g/mol. The lowest BCUT2D eigenvalue weighted by atomic mass is 10.0. The number of rotatable bonds is 4. The molecule has 1 aromatic rings. The van der Waals surface area contributed by atoms with Crippen LogP contribution in [0.1, 0.15) is 48.7 Å². The molecular formula is C16H26N4O. The van der Waals surface area contributed by atoms with E-state index >= 15 is 0 Å². The van der Waals surface area contributed by atoms with Crippen molar-refractivity contribution in [1.82, 2.24) is 15.2 Å². The van der Waals surface area contributed by atoms with E-state index < -0.39 is 0 Å². The predicted octanol–water partition coefficient (Wildman–Crippen LogP) is 2.07. The molecule has 0 radical (unpaired) electrons. The summed E-state index contributed by atoms with van der Waals surface area (Å²) < 4.78 is 0. The average molecular weight is 290 g/mol. The van der Waals surface area contributed by atoms with E-state index in [1.807, 2.05) is 19.2 Å². The Bertz CT molecular complexity index is 493. The van der Waals surface area contributed by atoms with Gasteiger partial charge in [-0.2, -0.15) is 0 Å². The minimum Gasteiger partial charge on any atom is -0.373 e. The van der Waals surface area contributed by atoms with E-state index in [9.17, 15) is 4.79 Å². The number of carbonyl (C=O) groups is 1. The quantitative estimate of drug-likeness (QED) is 0.891. The second kappa shape index (κ2) is 6.89. The molecule has 21 heavy (non-hydrogen) atoms. The zero-order valence-electron chi connectivity index (χ0n) is 13.4. The summed E-state index contributed by atoms with van der Waals surface area (Å²) in [5.74, 6) is 1.05. The van der Waals surface area contributed by atoms with Gasteiger partial charge in [-0.05, 0) is 51.0 Å². The maximum atomic E-state index is 12.5. The lowest BCUT2D eigenvalue weighted by molar-refractivity contribution is 0.0916. The second-order valence-electron chi connectivity index (χ2n) is 6.12. The lowest BCUT2D eigenvalue weighted by Gasteiger charge is -2.29. The molecule has 0 bridgehead atoms. The highest BCUT2D eigenvalue weighted by atomic mass is 16.1. The van der Waals surface area contributed by atoms with Gasteiger partial charge in [-0.3, -0.25) is 4.79 Å². The zero-order valence-corrected chi connectivity index (χ0v) is 13.4. The Labute approximate surface area is 127 Å². The molecule has 0 aromatic carbocycles. The third kappa shape index (κ3) is 4.17. The fraction of sp³-hybridized carbons (Fsp3) is 0.625. The highest BCUT2D eigenvalue weighted by molar-refractivity contribution is 5.95. The van der Waals surface area contributed by atoms with Crippen LogP contribution in [-0.2, 0) is 0 Å². The number of hydrogen-bond acceptors (Lipinski definition) is 4. The fourth-order valence-electron chi connectivity index (χ4n) is 2.53. The monoisotopic (exact) mass is 290 g/mol. The molecule has 1 aliphatic rings. The maximum Gasteiger partial charge on any atom is 0.251 e. The maximum absolute atomic E-state index is 12.5. The molecule has 1 saturated heterocycles. The summed E-state index contributed by atoms with van der Waals surface area (Å²) in [7, 11) is 3.94. The first-order valence-corrected chi connectivity index (χ1v) is 7.68.